The summed E-state index contributed by atoms with van der Waals surface area (Å²) in [5, 5.41) is 0. The molecule has 2 aromatic carbocycles. The van der Waals surface area contributed by atoms with Crippen molar-refractivity contribution in [2.45, 2.75) is 13.0 Å². The maximum Gasteiger partial charge on any atom is 0.201 e. The van der Waals surface area contributed by atoms with Crippen molar-refractivity contribution in [3.8, 4) is 0 Å². The predicted octanol–water partition coefficient (Wildman–Crippen LogP) is 3.76. The van der Waals surface area contributed by atoms with Gasteiger partial charge in [-0.2, -0.15) is 0 Å². The minimum Gasteiger partial charge on any atom is -0.369 e. The topological polar surface area (TPSA) is 43.8 Å². The van der Waals surface area contributed by atoms with Gasteiger partial charge in [0.25, 0.3) is 0 Å². The standard InChI is InChI=1S/C15H13BrFN3/c16-11-5-6-14-13(9-11)19-15(18)20(14)8-7-10-3-1-2-4-12(10)17/h1-6,9H,7-8H2,(H2,18,19). The number of hydrogen-bond donors (Lipinski definition) is 1. The van der Waals surface area contributed by atoms with E-state index in [0.717, 1.165) is 15.5 Å². The van der Waals surface area contributed by atoms with E-state index in [1.165, 1.54) is 6.07 Å². The number of benzene rings is 2. The largest absolute Gasteiger partial charge is 0.369 e. The van der Waals surface area contributed by atoms with Crippen molar-refractivity contribution in [2.75, 3.05) is 5.73 Å². The van der Waals surface area contributed by atoms with E-state index in [2.05, 4.69) is 20.9 Å². The first-order valence-corrected chi connectivity index (χ1v) is 7.09. The smallest absolute Gasteiger partial charge is 0.201 e. The molecule has 1 heterocycles. The molecule has 3 nitrogen and oxygen atoms in total. The molecule has 20 heavy (non-hydrogen) atoms. The maximum absolute atomic E-state index is 13.6. The zero-order valence-corrected chi connectivity index (χ0v) is 12.3. The van der Waals surface area contributed by atoms with Gasteiger partial charge in [-0.05, 0) is 36.2 Å². The minimum absolute atomic E-state index is 0.182. The van der Waals surface area contributed by atoms with Crippen LogP contribution in [-0.4, -0.2) is 9.55 Å². The van der Waals surface area contributed by atoms with E-state index in [9.17, 15) is 4.39 Å². The predicted molar refractivity (Wildman–Crippen MR) is 81.9 cm³/mol. The molecule has 102 valence electrons. The third-order valence-electron chi connectivity index (χ3n) is 3.30. The highest BCUT2D eigenvalue weighted by Crippen LogP contribution is 2.22. The molecule has 0 unspecified atom stereocenters. The summed E-state index contributed by atoms with van der Waals surface area (Å²) in [5.74, 6) is 0.271. The van der Waals surface area contributed by atoms with Crippen LogP contribution in [0.2, 0.25) is 0 Å². The number of nitrogens with two attached hydrogens (primary N) is 1. The van der Waals surface area contributed by atoms with Gasteiger partial charge in [-0.15, -0.1) is 0 Å². The molecule has 0 spiro atoms. The number of anilines is 1. The first-order valence-electron chi connectivity index (χ1n) is 6.30. The van der Waals surface area contributed by atoms with Crippen LogP contribution in [0.5, 0.6) is 0 Å². The Morgan fingerprint density at radius 3 is 2.80 bits per heavy atom. The molecule has 2 N–H and O–H groups in total. The van der Waals surface area contributed by atoms with Crippen LogP contribution in [0.3, 0.4) is 0 Å². The van der Waals surface area contributed by atoms with E-state index in [-0.39, 0.29) is 5.82 Å². The van der Waals surface area contributed by atoms with Gasteiger partial charge in [0.15, 0.2) is 0 Å². The van der Waals surface area contributed by atoms with Gasteiger partial charge in [-0.25, -0.2) is 9.37 Å². The molecular formula is C15H13BrFN3. The lowest BCUT2D eigenvalue weighted by molar-refractivity contribution is 0.597. The van der Waals surface area contributed by atoms with Gasteiger partial charge in [0.1, 0.15) is 5.82 Å². The van der Waals surface area contributed by atoms with E-state index in [1.54, 1.807) is 12.1 Å². The molecule has 3 rings (SSSR count). The minimum atomic E-state index is -0.182. The summed E-state index contributed by atoms with van der Waals surface area (Å²) in [4.78, 5) is 4.33. The fourth-order valence-electron chi connectivity index (χ4n) is 2.29. The van der Waals surface area contributed by atoms with Crippen molar-refractivity contribution in [3.05, 3.63) is 58.3 Å². The lowest BCUT2D eigenvalue weighted by atomic mass is 10.1. The summed E-state index contributed by atoms with van der Waals surface area (Å²) in [7, 11) is 0. The molecule has 0 aliphatic rings. The Kier molecular flexibility index (Phi) is 3.44. The second-order valence-electron chi connectivity index (χ2n) is 4.60. The van der Waals surface area contributed by atoms with Crippen LogP contribution in [0.25, 0.3) is 11.0 Å². The highest BCUT2D eigenvalue weighted by Gasteiger charge is 2.09. The molecule has 0 radical (unpaired) electrons. The quantitative estimate of drug-likeness (QED) is 0.793. The van der Waals surface area contributed by atoms with Crippen molar-refractivity contribution in [1.82, 2.24) is 9.55 Å². The van der Waals surface area contributed by atoms with Crippen LogP contribution >= 0.6 is 15.9 Å². The molecule has 3 aromatic rings. The number of nitrogens with zero attached hydrogens (tertiary/aromatic N) is 2. The average molecular weight is 334 g/mol. The number of imidazole rings is 1. The summed E-state index contributed by atoms with van der Waals surface area (Å²) >= 11 is 3.41. The highest BCUT2D eigenvalue weighted by atomic mass is 79.9. The van der Waals surface area contributed by atoms with Crippen LogP contribution in [-0.2, 0) is 13.0 Å². The van der Waals surface area contributed by atoms with E-state index < -0.39 is 0 Å². The van der Waals surface area contributed by atoms with Gasteiger partial charge in [-0.3, -0.25) is 0 Å². The SMILES string of the molecule is Nc1nc2cc(Br)ccc2n1CCc1ccccc1F. The monoisotopic (exact) mass is 333 g/mol. The number of aromatic nitrogens is 2. The Bertz CT molecular complexity index is 767. The molecule has 0 saturated carbocycles. The molecule has 0 bridgehead atoms. The number of rotatable bonds is 3. The average Bonchev–Trinajstić information content (AvgIpc) is 2.73. The maximum atomic E-state index is 13.6. The molecule has 0 aliphatic heterocycles. The molecule has 1 aromatic heterocycles. The van der Waals surface area contributed by atoms with Gasteiger partial charge in [-0.1, -0.05) is 34.1 Å². The van der Waals surface area contributed by atoms with Crippen molar-refractivity contribution >= 4 is 32.9 Å². The van der Waals surface area contributed by atoms with Crippen LogP contribution in [0.4, 0.5) is 10.3 Å². The van der Waals surface area contributed by atoms with Gasteiger partial charge in [0, 0.05) is 11.0 Å². The second kappa shape index (κ2) is 5.25. The van der Waals surface area contributed by atoms with Crippen LogP contribution in [0.15, 0.2) is 46.9 Å². The number of aryl methyl sites for hydroxylation is 2. The summed E-state index contributed by atoms with van der Waals surface area (Å²) in [6.07, 6.45) is 0.582. The molecule has 0 fully saturated rings. The first kappa shape index (κ1) is 13.1. The number of fused-ring (bicyclic) bond motifs is 1. The Hall–Kier alpha value is -1.88. The molecule has 0 amide bonds. The Balaban J connectivity index is 1.91. The number of hydrogen-bond acceptors (Lipinski definition) is 2. The summed E-state index contributed by atoms with van der Waals surface area (Å²) in [5.41, 5.74) is 8.43. The zero-order valence-electron chi connectivity index (χ0n) is 10.7. The number of nitrogen functional groups attached to an aromatic ring is 1. The van der Waals surface area contributed by atoms with Crippen LogP contribution < -0.4 is 5.73 Å². The Labute approximate surface area is 124 Å². The summed E-state index contributed by atoms with van der Waals surface area (Å²) in [6, 6.07) is 12.6. The molecule has 0 atom stereocenters. The summed E-state index contributed by atoms with van der Waals surface area (Å²) in [6.45, 7) is 0.602. The molecule has 0 saturated heterocycles. The molecule has 0 aliphatic carbocycles. The fourth-order valence-corrected chi connectivity index (χ4v) is 2.64. The lowest BCUT2D eigenvalue weighted by Gasteiger charge is -2.07. The van der Waals surface area contributed by atoms with Gasteiger partial charge >= 0.3 is 0 Å². The third kappa shape index (κ3) is 2.41. The normalized spacial score (nSPS) is 11.1. The van der Waals surface area contributed by atoms with Crippen LogP contribution in [0.1, 0.15) is 5.56 Å². The molecule has 5 heteroatoms. The Morgan fingerprint density at radius 2 is 2.00 bits per heavy atom. The Morgan fingerprint density at radius 1 is 1.20 bits per heavy atom. The van der Waals surface area contributed by atoms with Crippen LogP contribution in [0, 0.1) is 5.82 Å². The van der Waals surface area contributed by atoms with Crippen molar-refractivity contribution < 1.29 is 4.39 Å². The summed E-state index contributed by atoms with van der Waals surface area (Å²) < 4.78 is 16.5. The van der Waals surface area contributed by atoms with Crippen molar-refractivity contribution in [1.29, 1.82) is 0 Å². The second-order valence-corrected chi connectivity index (χ2v) is 5.51. The van der Waals surface area contributed by atoms with Crippen molar-refractivity contribution in [3.63, 3.8) is 0 Å². The van der Waals surface area contributed by atoms with E-state index in [0.29, 0.717) is 24.5 Å². The number of halogens is 2. The van der Waals surface area contributed by atoms with E-state index in [1.807, 2.05) is 28.8 Å². The highest BCUT2D eigenvalue weighted by molar-refractivity contribution is 9.10. The third-order valence-corrected chi connectivity index (χ3v) is 3.80. The zero-order chi connectivity index (χ0) is 14.1. The van der Waals surface area contributed by atoms with E-state index in [4.69, 9.17) is 5.73 Å². The fraction of sp³-hybridized carbons (Fsp3) is 0.133. The molecular weight excluding hydrogens is 321 g/mol. The first-order chi connectivity index (χ1) is 9.65. The van der Waals surface area contributed by atoms with Gasteiger partial charge in [0.2, 0.25) is 5.95 Å². The van der Waals surface area contributed by atoms with E-state index >= 15 is 0 Å². The van der Waals surface area contributed by atoms with Gasteiger partial charge < -0.3 is 10.3 Å². The lowest BCUT2D eigenvalue weighted by Crippen LogP contribution is -2.06. The van der Waals surface area contributed by atoms with Crippen molar-refractivity contribution in [2.24, 2.45) is 0 Å². The van der Waals surface area contributed by atoms with Gasteiger partial charge in [0.05, 0.1) is 11.0 Å².